The van der Waals surface area contributed by atoms with Crippen LogP contribution in [0.15, 0.2) is 63.9 Å². The summed E-state index contributed by atoms with van der Waals surface area (Å²) in [6.07, 6.45) is 1.41. The summed E-state index contributed by atoms with van der Waals surface area (Å²) in [7, 11) is 1.39. The normalized spacial score (nSPS) is 14.5. The number of imide groups is 1. The van der Waals surface area contributed by atoms with E-state index in [1.165, 1.54) is 31.4 Å². The van der Waals surface area contributed by atoms with Crippen molar-refractivity contribution < 1.29 is 28.5 Å². The Labute approximate surface area is 216 Å². The molecule has 1 fully saturated rings. The highest BCUT2D eigenvalue weighted by molar-refractivity contribution is 14.1. The molecule has 2 heterocycles. The highest BCUT2D eigenvalue weighted by Crippen LogP contribution is 2.36. The maximum absolute atomic E-state index is 12.7. The number of nitro groups is 1. The molecule has 1 N–H and O–H groups in total. The second-order valence-corrected chi connectivity index (χ2v) is 9.41. The van der Waals surface area contributed by atoms with Gasteiger partial charge < -0.3 is 14.5 Å². The van der Waals surface area contributed by atoms with Gasteiger partial charge in [0.05, 0.1) is 28.6 Å². The number of furan rings is 1. The molecular formula is C23H16IN3O7S. The van der Waals surface area contributed by atoms with Crippen LogP contribution < -0.4 is 10.1 Å². The quantitative estimate of drug-likeness (QED) is 0.170. The highest BCUT2D eigenvalue weighted by Gasteiger charge is 2.36. The monoisotopic (exact) mass is 605 g/mol. The molecule has 10 nitrogen and oxygen atoms in total. The molecule has 3 amide bonds. The van der Waals surface area contributed by atoms with Crippen molar-refractivity contribution in [3.8, 4) is 17.1 Å². The maximum atomic E-state index is 12.7. The first-order valence-electron chi connectivity index (χ1n) is 9.98. The largest absolute Gasteiger partial charge is 0.496 e. The predicted molar refractivity (Wildman–Crippen MR) is 138 cm³/mol. The van der Waals surface area contributed by atoms with Gasteiger partial charge in [0.25, 0.3) is 16.8 Å². The molecule has 35 heavy (non-hydrogen) atoms. The number of halogens is 1. The van der Waals surface area contributed by atoms with Gasteiger partial charge in [0.1, 0.15) is 23.8 Å². The van der Waals surface area contributed by atoms with E-state index in [0.717, 1.165) is 8.47 Å². The summed E-state index contributed by atoms with van der Waals surface area (Å²) < 4.78 is 12.0. The molecule has 0 aliphatic carbocycles. The van der Waals surface area contributed by atoms with Gasteiger partial charge in [-0.1, -0.05) is 0 Å². The fraction of sp³-hybridized carbons (Fsp3) is 0.0870. The average Bonchev–Trinajstić information content (AvgIpc) is 3.40. The zero-order valence-corrected chi connectivity index (χ0v) is 21.0. The fourth-order valence-electron chi connectivity index (χ4n) is 3.22. The van der Waals surface area contributed by atoms with E-state index in [9.17, 15) is 24.5 Å². The van der Waals surface area contributed by atoms with Gasteiger partial charge >= 0.3 is 0 Å². The van der Waals surface area contributed by atoms with Crippen molar-refractivity contribution in [3.05, 3.63) is 78.9 Å². The van der Waals surface area contributed by atoms with Crippen LogP contribution in [0, 0.1) is 13.7 Å². The molecule has 4 rings (SSSR count). The van der Waals surface area contributed by atoms with Crippen molar-refractivity contribution in [2.45, 2.75) is 0 Å². The molecule has 0 saturated carbocycles. The van der Waals surface area contributed by atoms with E-state index in [2.05, 4.69) is 27.9 Å². The number of amides is 3. The zero-order valence-electron chi connectivity index (χ0n) is 18.0. The van der Waals surface area contributed by atoms with Gasteiger partial charge in [0, 0.05) is 21.4 Å². The van der Waals surface area contributed by atoms with Crippen molar-refractivity contribution >= 4 is 68.9 Å². The molecule has 2 aromatic carbocycles. The Kier molecular flexibility index (Phi) is 7.21. The summed E-state index contributed by atoms with van der Waals surface area (Å²) in [6, 6.07) is 14.4. The molecule has 0 atom stereocenters. The Morgan fingerprint density at radius 1 is 1.20 bits per heavy atom. The van der Waals surface area contributed by atoms with Crippen molar-refractivity contribution in [3.63, 3.8) is 0 Å². The summed E-state index contributed by atoms with van der Waals surface area (Å²) in [5.74, 6) is -0.211. The van der Waals surface area contributed by atoms with E-state index in [1.807, 2.05) is 12.1 Å². The first-order valence-corrected chi connectivity index (χ1v) is 11.9. The number of benzene rings is 2. The number of nitrogens with zero attached hydrogens (tertiary/aromatic N) is 2. The van der Waals surface area contributed by atoms with Gasteiger partial charge in [-0.2, -0.15) is 0 Å². The fourth-order valence-corrected chi connectivity index (χ4v) is 4.39. The maximum Gasteiger partial charge on any atom is 0.294 e. The van der Waals surface area contributed by atoms with Crippen LogP contribution in [0.3, 0.4) is 0 Å². The van der Waals surface area contributed by atoms with Gasteiger partial charge in [0.2, 0.25) is 5.91 Å². The van der Waals surface area contributed by atoms with Gasteiger partial charge in [-0.05, 0) is 76.8 Å². The lowest BCUT2D eigenvalue weighted by atomic mass is 10.1. The van der Waals surface area contributed by atoms with Crippen molar-refractivity contribution in [2.75, 3.05) is 19.0 Å². The van der Waals surface area contributed by atoms with Gasteiger partial charge in [-0.25, -0.2) is 0 Å². The van der Waals surface area contributed by atoms with E-state index in [1.54, 1.807) is 24.3 Å². The molecule has 1 saturated heterocycles. The number of anilines is 1. The van der Waals surface area contributed by atoms with Crippen LogP contribution in [0.5, 0.6) is 5.75 Å². The zero-order chi connectivity index (χ0) is 25.1. The second-order valence-electron chi connectivity index (χ2n) is 7.17. The van der Waals surface area contributed by atoms with E-state index < -0.39 is 28.5 Å². The molecule has 0 unspecified atom stereocenters. The van der Waals surface area contributed by atoms with Crippen LogP contribution in [0.4, 0.5) is 16.2 Å². The Hall–Kier alpha value is -3.65. The lowest BCUT2D eigenvalue weighted by Crippen LogP contribution is -2.36. The highest BCUT2D eigenvalue weighted by atomic mass is 127. The average molecular weight is 605 g/mol. The van der Waals surface area contributed by atoms with Crippen molar-refractivity contribution in [2.24, 2.45) is 0 Å². The number of ether oxygens (including phenoxy) is 1. The lowest BCUT2D eigenvalue weighted by molar-refractivity contribution is -0.384. The molecule has 0 radical (unpaired) electrons. The summed E-state index contributed by atoms with van der Waals surface area (Å²) in [4.78, 5) is 48.9. The van der Waals surface area contributed by atoms with Crippen LogP contribution in [-0.4, -0.2) is 40.5 Å². The summed E-state index contributed by atoms with van der Waals surface area (Å²) in [5, 5.41) is 13.1. The molecular weight excluding hydrogens is 589 g/mol. The Bertz CT molecular complexity index is 1370. The van der Waals surface area contributed by atoms with E-state index >= 15 is 0 Å². The van der Waals surface area contributed by atoms with E-state index in [0.29, 0.717) is 28.8 Å². The Balaban J connectivity index is 1.48. The summed E-state index contributed by atoms with van der Waals surface area (Å²) in [6.45, 7) is -0.419. The third-order valence-electron chi connectivity index (χ3n) is 4.86. The smallest absolute Gasteiger partial charge is 0.294 e. The van der Waals surface area contributed by atoms with Crippen molar-refractivity contribution in [1.82, 2.24) is 4.90 Å². The third-order valence-corrected chi connectivity index (χ3v) is 6.49. The number of thioether (sulfide) groups is 1. The molecule has 1 aromatic heterocycles. The molecule has 12 heteroatoms. The number of nitro benzene ring substituents is 1. The molecule has 1 aliphatic rings. The van der Waals surface area contributed by atoms with Crippen LogP contribution in [-0.2, 0) is 9.59 Å². The number of rotatable bonds is 7. The number of methoxy groups -OCH3 is 1. The minimum absolute atomic E-state index is 0.105. The van der Waals surface area contributed by atoms with Crippen LogP contribution >= 0.6 is 34.4 Å². The molecule has 0 spiro atoms. The van der Waals surface area contributed by atoms with Crippen LogP contribution in [0.25, 0.3) is 17.4 Å². The number of carbonyl (C=O) groups excluding carboxylic acids is 3. The van der Waals surface area contributed by atoms with E-state index in [4.69, 9.17) is 9.15 Å². The number of hydrogen-bond donors (Lipinski definition) is 1. The first-order chi connectivity index (χ1) is 16.7. The minimum Gasteiger partial charge on any atom is -0.496 e. The predicted octanol–water partition coefficient (Wildman–Crippen LogP) is 5.14. The number of hydrogen-bond acceptors (Lipinski definition) is 8. The standard InChI is InChI=1S/C23H16IN3O7S/c1-33-19-10-15(27(31)32)6-8-17(19)18-9-7-16(34-18)11-20-22(29)26(23(30)35-20)12-21(28)25-14-4-2-13(24)3-5-14/h2-11H,12H2,1H3,(H,25,28)/b20-11+. The molecule has 3 aromatic rings. The van der Waals surface area contributed by atoms with Crippen LogP contribution in [0.1, 0.15) is 5.76 Å². The summed E-state index contributed by atoms with van der Waals surface area (Å²) in [5.41, 5.74) is 0.915. The molecule has 178 valence electrons. The van der Waals surface area contributed by atoms with E-state index in [-0.39, 0.29) is 22.1 Å². The Morgan fingerprint density at radius 3 is 2.63 bits per heavy atom. The lowest BCUT2D eigenvalue weighted by Gasteiger charge is -2.12. The van der Waals surface area contributed by atoms with Crippen molar-refractivity contribution in [1.29, 1.82) is 0 Å². The van der Waals surface area contributed by atoms with Gasteiger partial charge in [0.15, 0.2) is 0 Å². The van der Waals surface area contributed by atoms with Gasteiger partial charge in [-0.15, -0.1) is 0 Å². The number of nitrogens with one attached hydrogen (secondary N) is 1. The minimum atomic E-state index is -0.608. The summed E-state index contributed by atoms with van der Waals surface area (Å²) >= 11 is 2.84. The second kappa shape index (κ2) is 10.3. The number of non-ortho nitro benzene ring substituents is 1. The van der Waals surface area contributed by atoms with Gasteiger partial charge in [-0.3, -0.25) is 29.4 Å². The topological polar surface area (TPSA) is 132 Å². The third kappa shape index (κ3) is 5.54. The number of carbonyl (C=O) groups is 3. The van der Waals surface area contributed by atoms with Crippen LogP contribution in [0.2, 0.25) is 0 Å². The molecule has 1 aliphatic heterocycles. The Morgan fingerprint density at radius 2 is 1.94 bits per heavy atom. The molecule has 0 bridgehead atoms. The SMILES string of the molecule is COc1cc([N+](=O)[O-])ccc1-c1ccc(/C=C2/SC(=O)N(CC(=O)Nc3ccc(I)cc3)C2=O)o1. The first kappa shape index (κ1) is 24.5.